The number of methoxy groups -OCH3 is 1. The number of hydrogen-bond acceptors (Lipinski definition) is 8. The minimum atomic E-state index is -0.683. The highest BCUT2D eigenvalue weighted by Gasteiger charge is 2.40. The number of nitrogens with two attached hydrogens (primary N) is 1. The number of anilines is 2. The number of carbonyl (C=O) groups excluding carboxylic acids is 3. The van der Waals surface area contributed by atoms with Crippen LogP contribution in [0.25, 0.3) is 0 Å². The summed E-state index contributed by atoms with van der Waals surface area (Å²) in [5, 5.41) is 6.86. The van der Waals surface area contributed by atoms with Crippen LogP contribution in [-0.4, -0.2) is 85.9 Å². The molecule has 0 spiro atoms. The van der Waals surface area contributed by atoms with Gasteiger partial charge in [0, 0.05) is 53.9 Å². The van der Waals surface area contributed by atoms with Crippen molar-refractivity contribution in [3.8, 4) is 0 Å². The number of esters is 1. The number of fused-ring (bicyclic) bond motifs is 1. The molecule has 5 rings (SSSR count). The normalized spacial score (nSPS) is 18.4. The Morgan fingerprint density at radius 3 is 2.50 bits per heavy atom. The Morgan fingerprint density at radius 1 is 1.00 bits per heavy atom. The maximum atomic E-state index is 14.0. The second-order valence-electron chi connectivity index (χ2n) is 12.8. The van der Waals surface area contributed by atoms with Crippen LogP contribution in [0.2, 0.25) is 10.0 Å². The van der Waals surface area contributed by atoms with Crippen LogP contribution >= 0.6 is 35.0 Å². The van der Waals surface area contributed by atoms with Crippen molar-refractivity contribution in [2.45, 2.75) is 82.5 Å². The van der Waals surface area contributed by atoms with Crippen LogP contribution in [0.1, 0.15) is 62.5 Å². The van der Waals surface area contributed by atoms with Gasteiger partial charge in [0.25, 0.3) is 0 Å². The average Bonchev–Trinajstić information content (AvgIpc) is 3.83. The lowest BCUT2D eigenvalue weighted by atomic mass is 10.0. The van der Waals surface area contributed by atoms with E-state index in [-0.39, 0.29) is 18.0 Å². The van der Waals surface area contributed by atoms with Gasteiger partial charge in [-0.15, -0.1) is 11.8 Å². The van der Waals surface area contributed by atoms with E-state index in [0.29, 0.717) is 48.7 Å². The lowest BCUT2D eigenvalue weighted by Gasteiger charge is -2.39. The summed E-state index contributed by atoms with van der Waals surface area (Å²) < 4.78 is 4.81. The number of ether oxygens (including phenoxy) is 1. The van der Waals surface area contributed by atoms with Gasteiger partial charge >= 0.3 is 12.0 Å². The molecular formula is C35H48Cl2N6O4S. The van der Waals surface area contributed by atoms with Gasteiger partial charge in [-0.2, -0.15) is 0 Å². The molecule has 3 aliphatic rings. The molecule has 1 saturated heterocycles. The molecule has 2 aliphatic heterocycles. The third kappa shape index (κ3) is 9.50. The second-order valence-corrected chi connectivity index (χ2v) is 14.6. The zero-order valence-corrected chi connectivity index (χ0v) is 30.1. The first-order valence-electron chi connectivity index (χ1n) is 17.1. The highest BCUT2D eigenvalue weighted by molar-refractivity contribution is 7.99. The van der Waals surface area contributed by atoms with Crippen LogP contribution in [0.3, 0.4) is 0 Å². The van der Waals surface area contributed by atoms with E-state index in [4.69, 9.17) is 33.7 Å². The number of benzene rings is 2. The monoisotopic (exact) mass is 718 g/mol. The summed E-state index contributed by atoms with van der Waals surface area (Å²) in [6.07, 6.45) is 7.79. The van der Waals surface area contributed by atoms with E-state index in [0.717, 1.165) is 73.5 Å². The fraction of sp³-hybridized carbons (Fsp3) is 0.571. The molecule has 3 amide bonds. The first-order valence-corrected chi connectivity index (χ1v) is 19.0. The molecule has 2 atom stereocenters. The molecule has 10 nitrogen and oxygen atoms in total. The van der Waals surface area contributed by atoms with Crippen molar-refractivity contribution >= 4 is 64.2 Å². The van der Waals surface area contributed by atoms with Gasteiger partial charge < -0.3 is 30.9 Å². The molecule has 262 valence electrons. The molecule has 0 unspecified atom stereocenters. The van der Waals surface area contributed by atoms with E-state index in [1.54, 1.807) is 11.8 Å². The van der Waals surface area contributed by atoms with Gasteiger partial charge in [0.05, 0.1) is 24.5 Å². The summed E-state index contributed by atoms with van der Waals surface area (Å²) in [7, 11) is 1.31. The van der Waals surface area contributed by atoms with Gasteiger partial charge in [-0.05, 0) is 93.3 Å². The molecule has 2 aromatic rings. The quantitative estimate of drug-likeness (QED) is 0.152. The molecule has 0 radical (unpaired) electrons. The number of unbranched alkanes of at least 4 members (excludes halogenated alkanes) is 3. The maximum Gasteiger partial charge on any atom is 0.328 e. The molecule has 1 saturated carbocycles. The predicted molar refractivity (Wildman–Crippen MR) is 195 cm³/mol. The average molecular weight is 720 g/mol. The molecule has 13 heteroatoms. The number of aryl methyl sites for hydroxylation is 1. The van der Waals surface area contributed by atoms with Crippen LogP contribution in [0.4, 0.5) is 16.2 Å². The Kier molecular flexibility index (Phi) is 13.6. The Morgan fingerprint density at radius 2 is 1.75 bits per heavy atom. The molecule has 2 fully saturated rings. The Bertz CT molecular complexity index is 1430. The highest BCUT2D eigenvalue weighted by atomic mass is 35.5. The van der Waals surface area contributed by atoms with Crippen LogP contribution in [-0.2, 0) is 27.3 Å². The first-order chi connectivity index (χ1) is 23.3. The molecule has 48 heavy (non-hydrogen) atoms. The number of amides is 3. The number of nitrogens with one attached hydrogen (secondary N) is 2. The van der Waals surface area contributed by atoms with E-state index >= 15 is 0 Å². The van der Waals surface area contributed by atoms with Crippen LogP contribution < -0.4 is 26.2 Å². The van der Waals surface area contributed by atoms with Gasteiger partial charge in [0.2, 0.25) is 5.91 Å². The number of urea groups is 1. The number of para-hydroxylation sites is 2. The summed E-state index contributed by atoms with van der Waals surface area (Å²) in [6, 6.07) is 11.5. The van der Waals surface area contributed by atoms with Crippen molar-refractivity contribution in [1.82, 2.24) is 15.5 Å². The summed E-state index contributed by atoms with van der Waals surface area (Å²) in [6.45, 7) is 3.17. The number of halogens is 2. The minimum Gasteiger partial charge on any atom is -0.467 e. The van der Waals surface area contributed by atoms with E-state index in [2.05, 4.69) is 38.6 Å². The summed E-state index contributed by atoms with van der Waals surface area (Å²) >= 11 is 15.3. The summed E-state index contributed by atoms with van der Waals surface area (Å²) in [4.78, 5) is 44.9. The van der Waals surface area contributed by atoms with Gasteiger partial charge in [-0.3, -0.25) is 9.69 Å². The van der Waals surface area contributed by atoms with Crippen molar-refractivity contribution in [1.29, 1.82) is 0 Å². The first kappa shape index (κ1) is 36.6. The minimum absolute atomic E-state index is 0.152. The standard InChI is InChI=1S/C35H48Cl2N6O4S/c1-47-34(45)29(10-6-7-15-38)40-35(46)39-16-8-2-3-9-24-19-28(37)25(20-27(24)36)21-41-23-48-22-32(41)33(44)43-18-17-42(26-13-14-26)30-11-4-5-12-31(30)43/h4-5,11-12,19-20,26,29,32H,2-3,6-10,13-18,21-23,38H2,1H3,(H2,39,40,46)/t29-,32-/m0/s1. The summed E-state index contributed by atoms with van der Waals surface area (Å²) in [5.74, 6) is 1.21. The number of thioether (sulfide) groups is 1. The fourth-order valence-electron chi connectivity index (χ4n) is 6.49. The SMILES string of the molecule is COC(=O)[C@H](CCCCN)NC(=O)NCCCCCc1cc(Cl)c(CN2CSC[C@H]2C(=O)N2CCN(C3CC3)c3ccccc32)cc1Cl. The van der Waals surface area contributed by atoms with Crippen molar-refractivity contribution in [3.05, 3.63) is 57.6 Å². The van der Waals surface area contributed by atoms with Gasteiger partial charge in [-0.1, -0.05) is 41.8 Å². The third-order valence-electron chi connectivity index (χ3n) is 9.29. The van der Waals surface area contributed by atoms with E-state index in [1.807, 2.05) is 23.1 Å². The highest BCUT2D eigenvalue weighted by Crippen LogP contribution is 2.41. The topological polar surface area (TPSA) is 120 Å². The fourth-order valence-corrected chi connectivity index (χ4v) is 8.21. The zero-order chi connectivity index (χ0) is 34.0. The van der Waals surface area contributed by atoms with Gasteiger partial charge in [-0.25, -0.2) is 9.59 Å². The number of hydrogen-bond donors (Lipinski definition) is 3. The number of carbonyl (C=O) groups is 3. The smallest absolute Gasteiger partial charge is 0.328 e. The van der Waals surface area contributed by atoms with E-state index in [1.165, 1.54) is 25.6 Å². The third-order valence-corrected chi connectivity index (χ3v) is 11.1. The summed E-state index contributed by atoms with van der Waals surface area (Å²) in [5.41, 5.74) is 9.63. The molecule has 2 heterocycles. The molecule has 2 aromatic carbocycles. The lowest BCUT2D eigenvalue weighted by Crippen LogP contribution is -2.52. The van der Waals surface area contributed by atoms with Crippen LogP contribution in [0, 0.1) is 0 Å². The van der Waals surface area contributed by atoms with E-state index in [9.17, 15) is 14.4 Å². The zero-order valence-electron chi connectivity index (χ0n) is 27.7. The Balaban J connectivity index is 1.08. The largest absolute Gasteiger partial charge is 0.467 e. The lowest BCUT2D eigenvalue weighted by molar-refractivity contribution is -0.143. The number of rotatable bonds is 16. The molecule has 1 aliphatic carbocycles. The Labute approximate surface area is 298 Å². The van der Waals surface area contributed by atoms with E-state index < -0.39 is 12.0 Å². The van der Waals surface area contributed by atoms with Crippen molar-refractivity contribution in [2.75, 3.05) is 54.7 Å². The predicted octanol–water partition coefficient (Wildman–Crippen LogP) is 5.57. The van der Waals surface area contributed by atoms with Gasteiger partial charge in [0.1, 0.15) is 6.04 Å². The van der Waals surface area contributed by atoms with Crippen molar-refractivity contribution < 1.29 is 19.1 Å². The van der Waals surface area contributed by atoms with Crippen molar-refractivity contribution in [2.24, 2.45) is 5.73 Å². The van der Waals surface area contributed by atoms with Crippen molar-refractivity contribution in [3.63, 3.8) is 0 Å². The van der Waals surface area contributed by atoms with Crippen LogP contribution in [0.5, 0.6) is 0 Å². The second kappa shape index (κ2) is 17.8. The van der Waals surface area contributed by atoms with Gasteiger partial charge in [0.15, 0.2) is 0 Å². The maximum absolute atomic E-state index is 14.0. The number of nitrogens with zero attached hydrogens (tertiary/aromatic N) is 3. The molecular weight excluding hydrogens is 671 g/mol. The molecule has 0 aromatic heterocycles. The Hall–Kier alpha value is -2.70. The molecule has 0 bridgehead atoms. The van der Waals surface area contributed by atoms with Crippen LogP contribution in [0.15, 0.2) is 36.4 Å². The molecule has 4 N–H and O–H groups in total.